The van der Waals surface area contributed by atoms with Crippen molar-refractivity contribution >= 4 is 17.3 Å². The summed E-state index contributed by atoms with van der Waals surface area (Å²) in [6, 6.07) is 2.48. The Balaban J connectivity index is 2.34. The first-order chi connectivity index (χ1) is 8.15. The van der Waals surface area contributed by atoms with Crippen molar-refractivity contribution in [3.63, 3.8) is 0 Å². The van der Waals surface area contributed by atoms with E-state index in [0.29, 0.717) is 25.5 Å². The SMILES string of the molecule is COCCOCCOc1cc(F)c(Cl)cc1N. The number of halogens is 2. The van der Waals surface area contributed by atoms with Gasteiger partial charge in [-0.25, -0.2) is 4.39 Å². The predicted molar refractivity (Wildman–Crippen MR) is 64.0 cm³/mol. The number of methoxy groups -OCH3 is 1. The van der Waals surface area contributed by atoms with E-state index < -0.39 is 5.82 Å². The standard InChI is InChI=1S/C11H15ClFNO3/c1-15-2-3-16-4-5-17-11-7-9(13)8(12)6-10(11)14/h6-7H,2-5,14H2,1H3. The molecule has 0 aliphatic rings. The van der Waals surface area contributed by atoms with Crippen LogP contribution in [0.25, 0.3) is 0 Å². The van der Waals surface area contributed by atoms with E-state index in [2.05, 4.69) is 0 Å². The molecule has 4 nitrogen and oxygen atoms in total. The molecule has 0 saturated heterocycles. The van der Waals surface area contributed by atoms with Crippen LogP contribution in [0.5, 0.6) is 5.75 Å². The van der Waals surface area contributed by atoms with Crippen LogP contribution in [0.2, 0.25) is 5.02 Å². The second-order valence-electron chi connectivity index (χ2n) is 3.26. The Labute approximate surface area is 104 Å². The highest BCUT2D eigenvalue weighted by Gasteiger charge is 2.07. The van der Waals surface area contributed by atoms with Crippen LogP contribution in [0.15, 0.2) is 12.1 Å². The lowest BCUT2D eigenvalue weighted by atomic mass is 10.3. The molecule has 0 amide bonds. The Bertz CT molecular complexity index is 363. The van der Waals surface area contributed by atoms with Crippen LogP contribution in [-0.4, -0.2) is 33.5 Å². The van der Waals surface area contributed by atoms with E-state index in [1.54, 1.807) is 7.11 Å². The van der Waals surface area contributed by atoms with Gasteiger partial charge < -0.3 is 19.9 Å². The van der Waals surface area contributed by atoms with E-state index in [4.69, 9.17) is 31.5 Å². The van der Waals surface area contributed by atoms with E-state index in [1.165, 1.54) is 6.07 Å². The molecule has 0 aliphatic carbocycles. The molecule has 0 fully saturated rings. The van der Waals surface area contributed by atoms with Gasteiger partial charge in [-0.2, -0.15) is 0 Å². The number of hydrogen-bond acceptors (Lipinski definition) is 4. The summed E-state index contributed by atoms with van der Waals surface area (Å²) >= 11 is 5.56. The van der Waals surface area contributed by atoms with Crippen LogP contribution in [0.1, 0.15) is 0 Å². The minimum Gasteiger partial charge on any atom is -0.489 e. The van der Waals surface area contributed by atoms with Crippen molar-refractivity contribution in [1.29, 1.82) is 0 Å². The van der Waals surface area contributed by atoms with Gasteiger partial charge in [0, 0.05) is 13.2 Å². The maximum absolute atomic E-state index is 13.1. The summed E-state index contributed by atoms with van der Waals surface area (Å²) in [4.78, 5) is 0. The van der Waals surface area contributed by atoms with Gasteiger partial charge in [-0.3, -0.25) is 0 Å². The van der Waals surface area contributed by atoms with Gasteiger partial charge in [0.05, 0.1) is 30.5 Å². The van der Waals surface area contributed by atoms with Gasteiger partial charge in [-0.1, -0.05) is 11.6 Å². The molecule has 0 spiro atoms. The first-order valence-corrected chi connectivity index (χ1v) is 5.47. The lowest BCUT2D eigenvalue weighted by molar-refractivity contribution is 0.0545. The zero-order chi connectivity index (χ0) is 12.7. The van der Waals surface area contributed by atoms with Crippen molar-refractivity contribution in [3.05, 3.63) is 23.0 Å². The van der Waals surface area contributed by atoms with Gasteiger partial charge in [-0.05, 0) is 6.07 Å². The molecule has 17 heavy (non-hydrogen) atoms. The van der Waals surface area contributed by atoms with Crippen molar-refractivity contribution in [3.8, 4) is 5.75 Å². The summed E-state index contributed by atoms with van der Waals surface area (Å²) in [5, 5.41) is -0.0220. The van der Waals surface area contributed by atoms with E-state index in [-0.39, 0.29) is 17.4 Å². The Morgan fingerprint density at radius 2 is 1.94 bits per heavy atom. The third-order valence-corrected chi connectivity index (χ3v) is 2.26. The molecule has 1 rings (SSSR count). The maximum Gasteiger partial charge on any atom is 0.145 e. The molecule has 1 aromatic carbocycles. The number of hydrogen-bond donors (Lipinski definition) is 1. The number of ether oxygens (including phenoxy) is 3. The summed E-state index contributed by atoms with van der Waals surface area (Å²) in [7, 11) is 1.59. The van der Waals surface area contributed by atoms with E-state index in [9.17, 15) is 4.39 Å². The minimum absolute atomic E-state index is 0.0220. The van der Waals surface area contributed by atoms with Crippen molar-refractivity contribution in [1.82, 2.24) is 0 Å². The van der Waals surface area contributed by atoms with Gasteiger partial charge >= 0.3 is 0 Å². The van der Waals surface area contributed by atoms with Gasteiger partial charge in [0.1, 0.15) is 18.2 Å². The molecule has 0 bridgehead atoms. The Hall–Kier alpha value is -1.04. The molecule has 0 saturated carbocycles. The first kappa shape index (κ1) is 14.0. The first-order valence-electron chi connectivity index (χ1n) is 5.09. The molecule has 0 unspecified atom stereocenters. The minimum atomic E-state index is -0.559. The van der Waals surface area contributed by atoms with E-state index in [1.807, 2.05) is 0 Å². The van der Waals surface area contributed by atoms with Crippen molar-refractivity contribution in [2.75, 3.05) is 39.3 Å². The van der Waals surface area contributed by atoms with Crippen molar-refractivity contribution in [2.24, 2.45) is 0 Å². The predicted octanol–water partition coefficient (Wildman–Crippen LogP) is 2.10. The molecule has 96 valence electrons. The zero-order valence-electron chi connectivity index (χ0n) is 9.54. The maximum atomic E-state index is 13.1. The molecule has 2 N–H and O–H groups in total. The molecule has 6 heteroatoms. The van der Waals surface area contributed by atoms with Gasteiger partial charge in [0.25, 0.3) is 0 Å². The van der Waals surface area contributed by atoms with Gasteiger partial charge in [0.2, 0.25) is 0 Å². The van der Waals surface area contributed by atoms with Crippen LogP contribution < -0.4 is 10.5 Å². The highest BCUT2D eigenvalue weighted by molar-refractivity contribution is 6.31. The van der Waals surface area contributed by atoms with Gasteiger partial charge in [-0.15, -0.1) is 0 Å². The molecular weight excluding hydrogens is 249 g/mol. The van der Waals surface area contributed by atoms with E-state index in [0.717, 1.165) is 6.07 Å². The summed E-state index contributed by atoms with van der Waals surface area (Å²) in [5.74, 6) is -0.293. The summed E-state index contributed by atoms with van der Waals surface area (Å²) < 4.78 is 28.4. The average Bonchev–Trinajstić information content (AvgIpc) is 2.30. The molecular formula is C11H15ClFNO3. The van der Waals surface area contributed by atoms with Crippen LogP contribution in [0, 0.1) is 5.82 Å². The normalized spacial score (nSPS) is 10.5. The number of rotatable bonds is 7. The number of nitrogen functional groups attached to an aromatic ring is 1. The average molecular weight is 264 g/mol. The third-order valence-electron chi connectivity index (χ3n) is 1.97. The van der Waals surface area contributed by atoms with E-state index >= 15 is 0 Å². The number of anilines is 1. The fourth-order valence-corrected chi connectivity index (χ4v) is 1.30. The highest BCUT2D eigenvalue weighted by atomic mass is 35.5. The smallest absolute Gasteiger partial charge is 0.145 e. The van der Waals surface area contributed by atoms with Crippen molar-refractivity contribution < 1.29 is 18.6 Å². The topological polar surface area (TPSA) is 53.7 Å². The lowest BCUT2D eigenvalue weighted by Gasteiger charge is -2.10. The second-order valence-corrected chi connectivity index (χ2v) is 3.66. The monoisotopic (exact) mass is 263 g/mol. The Morgan fingerprint density at radius 1 is 1.24 bits per heavy atom. The van der Waals surface area contributed by atoms with Crippen LogP contribution >= 0.6 is 11.6 Å². The number of nitrogens with two attached hydrogens (primary N) is 1. The molecule has 0 heterocycles. The Kier molecular flexibility index (Phi) is 6.04. The number of benzene rings is 1. The second kappa shape index (κ2) is 7.32. The Morgan fingerprint density at radius 3 is 2.65 bits per heavy atom. The van der Waals surface area contributed by atoms with Crippen LogP contribution in [-0.2, 0) is 9.47 Å². The molecule has 0 radical (unpaired) electrons. The fraction of sp³-hybridized carbons (Fsp3) is 0.455. The molecule has 0 atom stereocenters. The quantitative estimate of drug-likeness (QED) is 0.605. The summed E-state index contributed by atoms with van der Waals surface area (Å²) in [6.07, 6.45) is 0. The summed E-state index contributed by atoms with van der Waals surface area (Å²) in [5.41, 5.74) is 5.92. The van der Waals surface area contributed by atoms with Crippen LogP contribution in [0.4, 0.5) is 10.1 Å². The highest BCUT2D eigenvalue weighted by Crippen LogP contribution is 2.27. The van der Waals surface area contributed by atoms with Crippen LogP contribution in [0.3, 0.4) is 0 Å². The van der Waals surface area contributed by atoms with Gasteiger partial charge in [0.15, 0.2) is 0 Å². The molecule has 0 aliphatic heterocycles. The molecule has 1 aromatic rings. The largest absolute Gasteiger partial charge is 0.489 e. The lowest BCUT2D eigenvalue weighted by Crippen LogP contribution is -2.10. The zero-order valence-corrected chi connectivity index (χ0v) is 10.3. The molecule has 0 aromatic heterocycles. The summed E-state index contributed by atoms with van der Waals surface area (Å²) in [6.45, 7) is 1.68. The van der Waals surface area contributed by atoms with Crippen molar-refractivity contribution in [2.45, 2.75) is 0 Å². The third kappa shape index (κ3) is 4.77. The fourth-order valence-electron chi connectivity index (χ4n) is 1.12.